The van der Waals surface area contributed by atoms with Gasteiger partial charge in [-0.25, -0.2) is 0 Å². The van der Waals surface area contributed by atoms with E-state index in [1.165, 1.54) is 16.7 Å². The van der Waals surface area contributed by atoms with Crippen molar-refractivity contribution in [1.82, 2.24) is 15.1 Å². The number of hydrogen-bond acceptors (Lipinski definition) is 7. The quantitative estimate of drug-likeness (QED) is 0.419. The molecule has 0 bridgehead atoms. The molecule has 0 spiro atoms. The van der Waals surface area contributed by atoms with Gasteiger partial charge in [-0.3, -0.25) is 19.4 Å². The molecular formula is C17H21N3O3S3. The van der Waals surface area contributed by atoms with Gasteiger partial charge in [0.25, 0.3) is 5.91 Å². The molecule has 26 heavy (non-hydrogen) atoms. The standard InChI is InChI=1S/C17H21N3O3S3/c21-15(18-4-2-5-19-6-8-23-9-7-19)12-20-16(22)14(26-17(20)24)11-13-3-1-10-25-13/h1,3,10-11H,2,4-9,12H2,(H,18,21)/b14-11+. The zero-order chi connectivity index (χ0) is 18.4. The second-order valence-corrected chi connectivity index (χ2v) is 8.60. The summed E-state index contributed by atoms with van der Waals surface area (Å²) in [6.07, 6.45) is 2.70. The van der Waals surface area contributed by atoms with Crippen LogP contribution in [-0.2, 0) is 14.3 Å². The molecule has 2 amide bonds. The first-order chi connectivity index (χ1) is 12.6. The highest BCUT2D eigenvalue weighted by Crippen LogP contribution is 2.32. The second kappa shape index (κ2) is 9.61. The van der Waals surface area contributed by atoms with Crippen molar-refractivity contribution < 1.29 is 14.3 Å². The normalized spacial score (nSPS) is 20.2. The molecule has 0 saturated carbocycles. The number of nitrogens with zero attached hydrogens (tertiary/aromatic N) is 2. The highest BCUT2D eigenvalue weighted by molar-refractivity contribution is 8.26. The van der Waals surface area contributed by atoms with Gasteiger partial charge in [0.1, 0.15) is 10.9 Å². The number of thioether (sulfide) groups is 1. The molecule has 2 aliphatic heterocycles. The van der Waals surface area contributed by atoms with Gasteiger partial charge in [-0.1, -0.05) is 30.0 Å². The van der Waals surface area contributed by atoms with Crippen LogP contribution in [0, 0.1) is 0 Å². The number of carbonyl (C=O) groups is 2. The average Bonchev–Trinajstić information content (AvgIpc) is 3.24. The maximum Gasteiger partial charge on any atom is 0.266 e. The first kappa shape index (κ1) is 19.5. The first-order valence-corrected chi connectivity index (χ1v) is 10.6. The van der Waals surface area contributed by atoms with Crippen LogP contribution in [0.4, 0.5) is 0 Å². The molecule has 2 saturated heterocycles. The van der Waals surface area contributed by atoms with E-state index in [-0.39, 0.29) is 18.4 Å². The maximum atomic E-state index is 12.5. The van der Waals surface area contributed by atoms with Crippen molar-refractivity contribution in [2.75, 3.05) is 45.9 Å². The van der Waals surface area contributed by atoms with Gasteiger partial charge in [-0.15, -0.1) is 11.3 Å². The van der Waals surface area contributed by atoms with Crippen LogP contribution in [0.25, 0.3) is 6.08 Å². The van der Waals surface area contributed by atoms with Gasteiger partial charge >= 0.3 is 0 Å². The maximum absolute atomic E-state index is 12.5. The van der Waals surface area contributed by atoms with E-state index in [1.54, 1.807) is 11.3 Å². The third-order valence-corrected chi connectivity index (χ3v) is 6.27. The van der Waals surface area contributed by atoms with Crippen molar-refractivity contribution in [2.24, 2.45) is 0 Å². The molecular weight excluding hydrogens is 390 g/mol. The van der Waals surface area contributed by atoms with Crippen LogP contribution in [0.1, 0.15) is 11.3 Å². The van der Waals surface area contributed by atoms with Crippen molar-refractivity contribution in [1.29, 1.82) is 0 Å². The van der Waals surface area contributed by atoms with Crippen LogP contribution in [0.2, 0.25) is 0 Å². The lowest BCUT2D eigenvalue weighted by molar-refractivity contribution is -0.128. The molecule has 140 valence electrons. The molecule has 2 fully saturated rings. The zero-order valence-corrected chi connectivity index (χ0v) is 16.8. The molecule has 3 heterocycles. The minimum atomic E-state index is -0.197. The zero-order valence-electron chi connectivity index (χ0n) is 14.3. The van der Waals surface area contributed by atoms with E-state index in [0.29, 0.717) is 15.8 Å². The SMILES string of the molecule is O=C(CN1C(=O)/C(=C\c2cccs2)SC1=S)NCCCN1CCOCC1. The van der Waals surface area contributed by atoms with Crippen LogP contribution >= 0.6 is 35.3 Å². The Morgan fingerprint density at radius 1 is 1.38 bits per heavy atom. The Labute approximate surface area is 166 Å². The van der Waals surface area contributed by atoms with Crippen molar-refractivity contribution in [3.63, 3.8) is 0 Å². The van der Waals surface area contributed by atoms with Gasteiger partial charge in [0.2, 0.25) is 5.91 Å². The van der Waals surface area contributed by atoms with Gasteiger partial charge < -0.3 is 10.1 Å². The van der Waals surface area contributed by atoms with Gasteiger partial charge in [-0.05, 0) is 30.5 Å². The van der Waals surface area contributed by atoms with Crippen molar-refractivity contribution >= 4 is 57.5 Å². The van der Waals surface area contributed by atoms with Crippen LogP contribution in [0.5, 0.6) is 0 Å². The van der Waals surface area contributed by atoms with Crippen LogP contribution in [0.3, 0.4) is 0 Å². The Hall–Kier alpha value is -1.26. The highest BCUT2D eigenvalue weighted by atomic mass is 32.2. The van der Waals surface area contributed by atoms with E-state index >= 15 is 0 Å². The summed E-state index contributed by atoms with van der Waals surface area (Å²) in [6.45, 7) is 4.95. The average molecular weight is 412 g/mol. The number of thiophene rings is 1. The molecule has 0 unspecified atom stereocenters. The molecule has 1 aromatic rings. The molecule has 0 aliphatic carbocycles. The van der Waals surface area contributed by atoms with E-state index in [4.69, 9.17) is 17.0 Å². The number of hydrogen-bond donors (Lipinski definition) is 1. The van der Waals surface area contributed by atoms with E-state index in [2.05, 4.69) is 10.2 Å². The summed E-state index contributed by atoms with van der Waals surface area (Å²) in [5, 5.41) is 4.83. The Morgan fingerprint density at radius 2 is 2.19 bits per heavy atom. The minimum absolute atomic E-state index is 0.0238. The van der Waals surface area contributed by atoms with Gasteiger partial charge in [0.05, 0.1) is 18.1 Å². The third-order valence-electron chi connectivity index (χ3n) is 4.07. The van der Waals surface area contributed by atoms with Crippen molar-refractivity contribution in [3.8, 4) is 0 Å². The topological polar surface area (TPSA) is 61.9 Å². The Balaban J connectivity index is 1.42. The van der Waals surface area contributed by atoms with Crippen LogP contribution in [-0.4, -0.2) is 71.9 Å². The first-order valence-electron chi connectivity index (χ1n) is 8.49. The summed E-state index contributed by atoms with van der Waals surface area (Å²) >= 11 is 8.07. The minimum Gasteiger partial charge on any atom is -0.379 e. The number of carbonyl (C=O) groups excluding carboxylic acids is 2. The summed E-state index contributed by atoms with van der Waals surface area (Å²) in [4.78, 5) is 29.9. The van der Waals surface area contributed by atoms with E-state index < -0.39 is 0 Å². The lowest BCUT2D eigenvalue weighted by atomic mass is 10.3. The smallest absolute Gasteiger partial charge is 0.266 e. The van der Waals surface area contributed by atoms with Crippen LogP contribution < -0.4 is 5.32 Å². The number of morpholine rings is 1. The lowest BCUT2D eigenvalue weighted by Crippen LogP contribution is -2.41. The molecule has 0 aromatic carbocycles. The van der Waals surface area contributed by atoms with Gasteiger partial charge in [0, 0.05) is 24.5 Å². The Morgan fingerprint density at radius 3 is 2.92 bits per heavy atom. The lowest BCUT2D eigenvalue weighted by Gasteiger charge is -2.26. The molecule has 6 nitrogen and oxygen atoms in total. The number of thiocarbonyl (C=S) groups is 1. The number of nitrogens with one attached hydrogen (secondary N) is 1. The summed E-state index contributed by atoms with van der Waals surface area (Å²) in [5.41, 5.74) is 0. The molecule has 1 N–H and O–H groups in total. The fourth-order valence-electron chi connectivity index (χ4n) is 2.69. The number of ether oxygens (including phenoxy) is 1. The highest BCUT2D eigenvalue weighted by Gasteiger charge is 2.33. The summed E-state index contributed by atoms with van der Waals surface area (Å²) in [6, 6.07) is 3.87. The fraction of sp³-hybridized carbons (Fsp3) is 0.471. The van der Waals surface area contributed by atoms with Gasteiger partial charge in [-0.2, -0.15) is 0 Å². The Kier molecular flexibility index (Phi) is 7.21. The van der Waals surface area contributed by atoms with Crippen molar-refractivity contribution in [2.45, 2.75) is 6.42 Å². The molecule has 2 aliphatic rings. The van der Waals surface area contributed by atoms with Gasteiger partial charge in [0.15, 0.2) is 0 Å². The fourth-order valence-corrected chi connectivity index (χ4v) is 4.67. The van der Waals surface area contributed by atoms with E-state index in [9.17, 15) is 9.59 Å². The summed E-state index contributed by atoms with van der Waals surface area (Å²) in [5.74, 6) is -0.377. The summed E-state index contributed by atoms with van der Waals surface area (Å²) in [7, 11) is 0. The molecule has 9 heteroatoms. The predicted octanol–water partition coefficient (Wildman–Crippen LogP) is 1.79. The van der Waals surface area contributed by atoms with Crippen LogP contribution in [0.15, 0.2) is 22.4 Å². The monoisotopic (exact) mass is 411 g/mol. The second-order valence-electron chi connectivity index (χ2n) is 5.94. The predicted molar refractivity (Wildman–Crippen MR) is 109 cm³/mol. The summed E-state index contributed by atoms with van der Waals surface area (Å²) < 4.78 is 5.74. The largest absolute Gasteiger partial charge is 0.379 e. The number of rotatable bonds is 7. The number of amides is 2. The van der Waals surface area contributed by atoms with Crippen molar-refractivity contribution in [3.05, 3.63) is 27.3 Å². The molecule has 0 atom stereocenters. The molecule has 0 radical (unpaired) electrons. The molecule has 3 rings (SSSR count). The Bertz CT molecular complexity index is 685. The third kappa shape index (κ3) is 5.37. The molecule has 1 aromatic heterocycles. The van der Waals surface area contributed by atoms with E-state index in [1.807, 2.05) is 23.6 Å². The van der Waals surface area contributed by atoms with E-state index in [0.717, 1.165) is 44.1 Å².